The van der Waals surface area contributed by atoms with Gasteiger partial charge in [-0.05, 0) is 12.8 Å². The summed E-state index contributed by atoms with van der Waals surface area (Å²) in [7, 11) is 4.39. The molecule has 0 aromatic heterocycles. The lowest BCUT2D eigenvalue weighted by Crippen LogP contribution is -3.00. The molecule has 0 aromatic carbocycles. The van der Waals surface area contributed by atoms with Gasteiger partial charge in [0.05, 0.1) is 27.2 Å². The molecule has 0 saturated carbocycles. The van der Waals surface area contributed by atoms with Crippen LogP contribution in [0.15, 0.2) is 0 Å². The van der Waals surface area contributed by atoms with E-state index in [1.54, 1.807) is 0 Å². The average molecular weight is 282 g/mol. The Labute approximate surface area is 106 Å². The van der Waals surface area contributed by atoms with Gasteiger partial charge in [0.1, 0.15) is 6.54 Å². The second-order valence-corrected chi connectivity index (χ2v) is 4.87. The topological polar surface area (TPSA) is 20.2 Å². The van der Waals surface area contributed by atoms with Crippen molar-refractivity contribution in [1.82, 2.24) is 0 Å². The van der Waals surface area contributed by atoms with Gasteiger partial charge in [-0.25, -0.2) is 0 Å². The SMILES string of the molecule is CCCCCCCC[N+](C)(C)CCO.[Br-]. The second kappa shape index (κ2) is 10.9. The van der Waals surface area contributed by atoms with Crippen LogP contribution in [-0.4, -0.2) is 43.4 Å². The first-order valence-electron chi connectivity index (χ1n) is 6.05. The third-order valence-electron chi connectivity index (χ3n) is 2.82. The summed E-state index contributed by atoms with van der Waals surface area (Å²) in [5.74, 6) is 0. The maximum absolute atomic E-state index is 8.86. The second-order valence-electron chi connectivity index (χ2n) is 4.87. The van der Waals surface area contributed by atoms with Crippen molar-refractivity contribution in [2.24, 2.45) is 0 Å². The van der Waals surface area contributed by atoms with E-state index in [1.807, 2.05) is 0 Å². The number of hydrogen-bond donors (Lipinski definition) is 1. The first kappa shape index (κ1) is 17.8. The lowest BCUT2D eigenvalue weighted by molar-refractivity contribution is -0.890. The van der Waals surface area contributed by atoms with Crippen LogP contribution < -0.4 is 17.0 Å². The molecule has 0 saturated heterocycles. The molecular weight excluding hydrogens is 254 g/mol. The fourth-order valence-corrected chi connectivity index (χ4v) is 1.70. The monoisotopic (exact) mass is 281 g/mol. The van der Waals surface area contributed by atoms with Crippen molar-refractivity contribution in [2.75, 3.05) is 33.8 Å². The molecule has 94 valence electrons. The van der Waals surface area contributed by atoms with Gasteiger partial charge in [0.2, 0.25) is 0 Å². The zero-order valence-corrected chi connectivity index (χ0v) is 12.2. The molecule has 0 aliphatic carbocycles. The van der Waals surface area contributed by atoms with Crippen molar-refractivity contribution in [3.63, 3.8) is 0 Å². The Morgan fingerprint density at radius 1 is 0.867 bits per heavy atom. The van der Waals surface area contributed by atoms with Crippen molar-refractivity contribution < 1.29 is 26.6 Å². The van der Waals surface area contributed by atoms with E-state index in [1.165, 1.54) is 45.1 Å². The molecule has 0 bridgehead atoms. The summed E-state index contributed by atoms with van der Waals surface area (Å²) < 4.78 is 0.963. The third-order valence-corrected chi connectivity index (χ3v) is 2.82. The minimum Gasteiger partial charge on any atom is -1.00 e. The van der Waals surface area contributed by atoms with Gasteiger partial charge < -0.3 is 26.6 Å². The van der Waals surface area contributed by atoms with Crippen LogP contribution in [0.5, 0.6) is 0 Å². The number of hydrogen-bond acceptors (Lipinski definition) is 1. The normalized spacial score (nSPS) is 11.2. The largest absolute Gasteiger partial charge is 1.00 e. The molecule has 0 aliphatic heterocycles. The molecule has 0 aliphatic rings. The van der Waals surface area contributed by atoms with E-state index in [2.05, 4.69) is 21.0 Å². The van der Waals surface area contributed by atoms with Crippen molar-refractivity contribution in [3.8, 4) is 0 Å². The van der Waals surface area contributed by atoms with Crippen LogP contribution in [0, 0.1) is 0 Å². The number of halogens is 1. The Bertz CT molecular complexity index is 129. The number of likely N-dealkylation sites (N-methyl/N-ethyl adjacent to an activating group) is 1. The highest BCUT2D eigenvalue weighted by Crippen LogP contribution is 2.07. The fourth-order valence-electron chi connectivity index (χ4n) is 1.70. The zero-order valence-electron chi connectivity index (χ0n) is 10.6. The molecule has 0 amide bonds. The van der Waals surface area contributed by atoms with Crippen LogP contribution in [0.2, 0.25) is 0 Å². The first-order chi connectivity index (χ1) is 6.62. The molecule has 0 aromatic rings. The van der Waals surface area contributed by atoms with E-state index < -0.39 is 0 Å². The molecule has 0 radical (unpaired) electrons. The smallest absolute Gasteiger partial charge is 0.102 e. The lowest BCUT2D eigenvalue weighted by atomic mass is 10.1. The van der Waals surface area contributed by atoms with Crippen LogP contribution in [0.25, 0.3) is 0 Å². The Morgan fingerprint density at radius 2 is 1.40 bits per heavy atom. The minimum absolute atomic E-state index is 0. The van der Waals surface area contributed by atoms with Gasteiger partial charge in [0.25, 0.3) is 0 Å². The van der Waals surface area contributed by atoms with Gasteiger partial charge in [-0.3, -0.25) is 0 Å². The lowest BCUT2D eigenvalue weighted by Gasteiger charge is -2.28. The number of quaternary nitrogens is 1. The molecule has 0 unspecified atom stereocenters. The summed E-state index contributed by atoms with van der Waals surface area (Å²) in [5, 5.41) is 8.86. The van der Waals surface area contributed by atoms with E-state index in [0.29, 0.717) is 6.61 Å². The van der Waals surface area contributed by atoms with E-state index >= 15 is 0 Å². The van der Waals surface area contributed by atoms with Crippen molar-refractivity contribution in [2.45, 2.75) is 45.4 Å². The molecule has 0 rings (SSSR count). The predicted molar refractivity (Wildman–Crippen MR) is 62.3 cm³/mol. The van der Waals surface area contributed by atoms with Crippen molar-refractivity contribution in [3.05, 3.63) is 0 Å². The average Bonchev–Trinajstić information content (AvgIpc) is 2.11. The number of unbranched alkanes of at least 4 members (excludes halogenated alkanes) is 5. The fraction of sp³-hybridized carbons (Fsp3) is 1.00. The summed E-state index contributed by atoms with van der Waals surface area (Å²) >= 11 is 0. The van der Waals surface area contributed by atoms with Gasteiger partial charge in [-0.2, -0.15) is 0 Å². The van der Waals surface area contributed by atoms with Gasteiger partial charge in [0.15, 0.2) is 0 Å². The van der Waals surface area contributed by atoms with E-state index in [-0.39, 0.29) is 17.0 Å². The van der Waals surface area contributed by atoms with Crippen molar-refractivity contribution >= 4 is 0 Å². The quantitative estimate of drug-likeness (QED) is 0.443. The molecule has 0 atom stereocenters. The number of aliphatic hydroxyl groups excluding tert-OH is 1. The minimum atomic E-state index is 0. The summed E-state index contributed by atoms with van der Waals surface area (Å²) in [6, 6.07) is 0. The summed E-state index contributed by atoms with van der Waals surface area (Å²) in [5.41, 5.74) is 0. The standard InChI is InChI=1S/C12H28NO.BrH/c1-4-5-6-7-8-9-10-13(2,3)11-12-14;/h14H,4-12H2,1-3H3;1H/q+1;/p-1. The maximum Gasteiger partial charge on any atom is 0.102 e. The third kappa shape index (κ3) is 12.3. The summed E-state index contributed by atoms with van der Waals surface area (Å²) in [4.78, 5) is 0. The molecule has 0 heterocycles. The maximum atomic E-state index is 8.86. The van der Waals surface area contributed by atoms with Gasteiger partial charge in [0, 0.05) is 0 Å². The van der Waals surface area contributed by atoms with Gasteiger partial charge in [-0.15, -0.1) is 0 Å². The highest BCUT2D eigenvalue weighted by Gasteiger charge is 2.12. The highest BCUT2D eigenvalue weighted by molar-refractivity contribution is 4.44. The number of rotatable bonds is 9. The van der Waals surface area contributed by atoms with Crippen LogP contribution in [0.1, 0.15) is 45.4 Å². The van der Waals surface area contributed by atoms with Crippen molar-refractivity contribution in [1.29, 1.82) is 0 Å². The van der Waals surface area contributed by atoms with Crippen LogP contribution >= 0.6 is 0 Å². The molecule has 15 heavy (non-hydrogen) atoms. The van der Waals surface area contributed by atoms with Crippen LogP contribution in [0.4, 0.5) is 0 Å². The summed E-state index contributed by atoms with van der Waals surface area (Å²) in [6.07, 6.45) is 8.14. The molecule has 3 heteroatoms. The van der Waals surface area contributed by atoms with Crippen LogP contribution in [-0.2, 0) is 0 Å². The number of aliphatic hydroxyl groups is 1. The van der Waals surface area contributed by atoms with Crippen LogP contribution in [0.3, 0.4) is 0 Å². The first-order valence-corrected chi connectivity index (χ1v) is 6.05. The van der Waals surface area contributed by atoms with E-state index in [0.717, 1.165) is 11.0 Å². The summed E-state index contributed by atoms with van der Waals surface area (Å²) in [6.45, 7) is 4.64. The van der Waals surface area contributed by atoms with Gasteiger partial charge >= 0.3 is 0 Å². The Hall–Kier alpha value is 0.400. The molecular formula is C12H28BrNO. The predicted octanol–water partition coefficient (Wildman–Crippen LogP) is -0.580. The molecule has 2 nitrogen and oxygen atoms in total. The number of nitrogens with zero attached hydrogens (tertiary/aromatic N) is 1. The Morgan fingerprint density at radius 3 is 1.93 bits per heavy atom. The Kier molecular flexibility index (Phi) is 12.9. The van der Waals surface area contributed by atoms with Gasteiger partial charge in [-0.1, -0.05) is 32.6 Å². The molecule has 0 fully saturated rings. The molecule has 0 spiro atoms. The highest BCUT2D eigenvalue weighted by atomic mass is 79.9. The molecule has 1 N–H and O–H groups in total. The van der Waals surface area contributed by atoms with E-state index in [9.17, 15) is 0 Å². The Balaban J connectivity index is 0. The zero-order chi connectivity index (χ0) is 10.9. The van der Waals surface area contributed by atoms with E-state index in [4.69, 9.17) is 5.11 Å².